The summed E-state index contributed by atoms with van der Waals surface area (Å²) in [6.45, 7) is 9.14. The van der Waals surface area contributed by atoms with Crippen molar-refractivity contribution in [2.24, 2.45) is 5.41 Å². The van der Waals surface area contributed by atoms with Crippen LogP contribution in [0.2, 0.25) is 25.7 Å². The van der Waals surface area contributed by atoms with Gasteiger partial charge in [-0.25, -0.2) is 0 Å². The Kier molecular flexibility index (Phi) is 3.57. The lowest BCUT2D eigenvalue weighted by atomic mass is 9.80. The van der Waals surface area contributed by atoms with E-state index in [4.69, 9.17) is 5.41 Å². The van der Waals surface area contributed by atoms with Crippen LogP contribution in [0.4, 0.5) is 0 Å². The fourth-order valence-corrected chi connectivity index (χ4v) is 2.25. The van der Waals surface area contributed by atoms with Gasteiger partial charge < -0.3 is 5.41 Å². The number of hydrogen-bond acceptors (Lipinski definition) is 1. The quantitative estimate of drug-likeness (QED) is 0.395. The zero-order valence-corrected chi connectivity index (χ0v) is 11.3. The van der Waals surface area contributed by atoms with Gasteiger partial charge in [-0.15, -0.1) is 5.92 Å². The molecule has 1 atom stereocenters. The molecule has 0 aromatic carbocycles. The van der Waals surface area contributed by atoms with E-state index in [1.54, 1.807) is 0 Å². The number of rotatable bonds is 1. The molecular formula is C13H21NSi. The largest absolute Gasteiger partial charge is 0.309 e. The summed E-state index contributed by atoms with van der Waals surface area (Å²) in [4.78, 5) is 0. The summed E-state index contributed by atoms with van der Waals surface area (Å²) in [6.07, 6.45) is 5.87. The van der Waals surface area contributed by atoms with Crippen LogP contribution < -0.4 is 0 Å². The molecule has 1 aliphatic carbocycles. The maximum absolute atomic E-state index is 7.69. The Morgan fingerprint density at radius 3 is 2.67 bits per heavy atom. The number of allylic oxidation sites excluding steroid dienone is 2. The molecular weight excluding hydrogens is 198 g/mol. The maximum Gasteiger partial charge on any atom is 0.0573 e. The van der Waals surface area contributed by atoms with Gasteiger partial charge in [-0.2, -0.15) is 0 Å². The molecule has 1 unspecified atom stereocenters. The van der Waals surface area contributed by atoms with Crippen molar-refractivity contribution in [3.8, 4) is 11.8 Å². The predicted octanol–water partition coefficient (Wildman–Crippen LogP) is 3.70. The van der Waals surface area contributed by atoms with Crippen molar-refractivity contribution in [2.45, 2.75) is 45.5 Å². The molecule has 0 amide bonds. The molecule has 0 saturated heterocycles. The van der Waals surface area contributed by atoms with Gasteiger partial charge in [-0.3, -0.25) is 0 Å². The summed E-state index contributed by atoms with van der Waals surface area (Å²) in [5.41, 5.74) is 0.733. The third kappa shape index (κ3) is 4.48. The maximum atomic E-state index is 7.69. The highest BCUT2D eigenvalue weighted by atomic mass is 28.3. The van der Waals surface area contributed by atoms with E-state index in [-0.39, 0.29) is 5.41 Å². The van der Waals surface area contributed by atoms with Gasteiger partial charge in [0.15, 0.2) is 0 Å². The SMILES string of the molecule is CC1(C#CC[Si](C)(C)C)C=CCC(=N)C1. The van der Waals surface area contributed by atoms with Crippen molar-refractivity contribution in [1.82, 2.24) is 0 Å². The minimum absolute atomic E-state index is 0.0744. The molecule has 0 fully saturated rings. The molecule has 0 saturated carbocycles. The average Bonchev–Trinajstić information content (AvgIpc) is 1.99. The predicted molar refractivity (Wildman–Crippen MR) is 70.1 cm³/mol. The van der Waals surface area contributed by atoms with Crippen molar-refractivity contribution in [3.05, 3.63) is 12.2 Å². The van der Waals surface area contributed by atoms with Crippen molar-refractivity contribution >= 4 is 13.8 Å². The minimum atomic E-state index is -1.04. The second-order valence-electron chi connectivity index (χ2n) is 5.84. The van der Waals surface area contributed by atoms with Gasteiger partial charge in [0.1, 0.15) is 0 Å². The van der Waals surface area contributed by atoms with Gasteiger partial charge in [0.05, 0.1) is 13.5 Å². The van der Waals surface area contributed by atoms with Crippen LogP contribution in [0.15, 0.2) is 12.2 Å². The molecule has 1 rings (SSSR count). The molecule has 0 bridgehead atoms. The van der Waals surface area contributed by atoms with Gasteiger partial charge >= 0.3 is 0 Å². The highest BCUT2D eigenvalue weighted by Gasteiger charge is 2.23. The molecule has 1 aliphatic rings. The standard InChI is InChI=1S/C13H21NSi/c1-13(8-5-7-12(14)11-13)9-6-10-15(2,3)4/h5,8,14H,7,10-11H2,1-4H3. The Morgan fingerprint density at radius 1 is 1.47 bits per heavy atom. The second kappa shape index (κ2) is 4.36. The monoisotopic (exact) mass is 219 g/mol. The lowest BCUT2D eigenvalue weighted by Gasteiger charge is -2.23. The first kappa shape index (κ1) is 12.3. The van der Waals surface area contributed by atoms with E-state index in [9.17, 15) is 0 Å². The van der Waals surface area contributed by atoms with E-state index in [0.29, 0.717) is 0 Å². The van der Waals surface area contributed by atoms with Gasteiger partial charge in [0, 0.05) is 24.6 Å². The molecule has 0 radical (unpaired) electrons. The molecule has 0 aliphatic heterocycles. The van der Waals surface area contributed by atoms with Gasteiger partial charge in [0.25, 0.3) is 0 Å². The van der Waals surface area contributed by atoms with E-state index in [0.717, 1.165) is 24.6 Å². The fraction of sp³-hybridized carbons (Fsp3) is 0.615. The van der Waals surface area contributed by atoms with E-state index in [2.05, 4.69) is 50.6 Å². The Labute approximate surface area is 94.5 Å². The van der Waals surface area contributed by atoms with Crippen LogP contribution in [0.25, 0.3) is 0 Å². The van der Waals surface area contributed by atoms with E-state index >= 15 is 0 Å². The van der Waals surface area contributed by atoms with Crippen LogP contribution in [0.5, 0.6) is 0 Å². The molecule has 2 heteroatoms. The molecule has 0 spiro atoms. The first-order valence-corrected chi connectivity index (χ1v) is 9.26. The molecule has 0 aromatic rings. The summed E-state index contributed by atoms with van der Waals surface area (Å²) < 4.78 is 0. The third-order valence-electron chi connectivity index (χ3n) is 2.42. The fourth-order valence-electron chi connectivity index (χ4n) is 1.63. The van der Waals surface area contributed by atoms with Gasteiger partial charge in [-0.1, -0.05) is 37.7 Å². The van der Waals surface area contributed by atoms with E-state index in [1.165, 1.54) is 0 Å². The molecule has 0 aromatic heterocycles. The summed E-state index contributed by atoms with van der Waals surface area (Å²) in [5, 5.41) is 7.69. The summed E-state index contributed by atoms with van der Waals surface area (Å²) in [5.74, 6) is 6.66. The highest BCUT2D eigenvalue weighted by Crippen LogP contribution is 2.27. The number of hydrogen-bond donors (Lipinski definition) is 1. The van der Waals surface area contributed by atoms with Crippen LogP contribution >= 0.6 is 0 Å². The van der Waals surface area contributed by atoms with E-state index in [1.807, 2.05) is 0 Å². The smallest absolute Gasteiger partial charge is 0.0573 e. The van der Waals surface area contributed by atoms with Crippen molar-refractivity contribution in [1.29, 1.82) is 5.41 Å². The summed E-state index contributed by atoms with van der Waals surface area (Å²) >= 11 is 0. The molecule has 1 N–H and O–H groups in total. The van der Waals surface area contributed by atoms with Crippen LogP contribution in [0.3, 0.4) is 0 Å². The molecule has 82 valence electrons. The average molecular weight is 219 g/mol. The lowest BCUT2D eigenvalue weighted by Crippen LogP contribution is -2.21. The van der Waals surface area contributed by atoms with Crippen molar-refractivity contribution in [2.75, 3.05) is 0 Å². The van der Waals surface area contributed by atoms with E-state index < -0.39 is 8.07 Å². The summed E-state index contributed by atoms with van der Waals surface area (Å²) in [7, 11) is -1.04. The Bertz CT molecular complexity index is 338. The summed E-state index contributed by atoms with van der Waals surface area (Å²) in [6, 6.07) is 1.06. The minimum Gasteiger partial charge on any atom is -0.309 e. The number of nitrogens with one attached hydrogen (secondary N) is 1. The van der Waals surface area contributed by atoms with Crippen LogP contribution in [-0.2, 0) is 0 Å². The first-order valence-electron chi connectivity index (χ1n) is 5.55. The zero-order chi connectivity index (χ0) is 11.5. The van der Waals surface area contributed by atoms with Gasteiger partial charge in [0.2, 0.25) is 0 Å². The van der Waals surface area contributed by atoms with Gasteiger partial charge in [-0.05, 0) is 6.92 Å². The molecule has 0 heterocycles. The normalized spacial score (nSPS) is 26.0. The van der Waals surface area contributed by atoms with Crippen molar-refractivity contribution in [3.63, 3.8) is 0 Å². The third-order valence-corrected chi connectivity index (χ3v) is 3.66. The zero-order valence-electron chi connectivity index (χ0n) is 10.3. The lowest BCUT2D eigenvalue weighted by molar-refractivity contribution is 0.589. The highest BCUT2D eigenvalue weighted by molar-refractivity contribution is 6.76. The Morgan fingerprint density at radius 2 is 2.13 bits per heavy atom. The van der Waals surface area contributed by atoms with Crippen molar-refractivity contribution < 1.29 is 0 Å². The Hall–Kier alpha value is -0.813. The first-order chi connectivity index (χ1) is 6.81. The van der Waals surface area contributed by atoms with Crippen LogP contribution in [0.1, 0.15) is 19.8 Å². The topological polar surface area (TPSA) is 23.9 Å². The second-order valence-corrected chi connectivity index (χ2v) is 11.3. The molecule has 15 heavy (non-hydrogen) atoms. The van der Waals surface area contributed by atoms with Crippen LogP contribution in [-0.4, -0.2) is 13.8 Å². The molecule has 1 nitrogen and oxygen atoms in total. The van der Waals surface area contributed by atoms with Crippen LogP contribution in [0, 0.1) is 22.7 Å². The Balaban J connectivity index is 2.67.